The number of nitrogens with zero attached hydrogens (tertiary/aromatic N) is 2. The maximum Gasteiger partial charge on any atom is 0.0975 e. The zero-order valence-electron chi connectivity index (χ0n) is 9.78. The summed E-state index contributed by atoms with van der Waals surface area (Å²) in [6, 6.07) is 14.5. The Hall–Kier alpha value is -2.00. The van der Waals surface area contributed by atoms with Gasteiger partial charge in [0.15, 0.2) is 0 Å². The summed E-state index contributed by atoms with van der Waals surface area (Å²) in [5.74, 6) is 0. The standard InChI is InChI=1S/C15H12N2S/c1-2-4-12(5-3-1)10-15-17-11-14(18-15)13-6-8-16-9-7-13/h1-9,11H,10H2. The van der Waals surface area contributed by atoms with Gasteiger partial charge in [-0.25, -0.2) is 4.98 Å². The minimum atomic E-state index is 0.899. The van der Waals surface area contributed by atoms with Crippen LogP contribution in [0.2, 0.25) is 0 Å². The first kappa shape index (κ1) is 11.1. The fourth-order valence-corrected chi connectivity index (χ4v) is 2.77. The van der Waals surface area contributed by atoms with Crippen LogP contribution >= 0.6 is 11.3 Å². The summed E-state index contributed by atoms with van der Waals surface area (Å²) < 4.78 is 0. The van der Waals surface area contributed by atoms with Crippen molar-refractivity contribution < 1.29 is 0 Å². The predicted octanol–water partition coefficient (Wildman–Crippen LogP) is 3.80. The van der Waals surface area contributed by atoms with Gasteiger partial charge < -0.3 is 0 Å². The van der Waals surface area contributed by atoms with Crippen LogP contribution in [0, 0.1) is 0 Å². The monoisotopic (exact) mass is 252 g/mol. The lowest BCUT2D eigenvalue weighted by Crippen LogP contribution is -1.84. The molecule has 18 heavy (non-hydrogen) atoms. The van der Waals surface area contributed by atoms with E-state index in [2.05, 4.69) is 34.2 Å². The third-order valence-electron chi connectivity index (χ3n) is 2.72. The molecule has 0 aliphatic rings. The van der Waals surface area contributed by atoms with Gasteiger partial charge in [-0.3, -0.25) is 4.98 Å². The number of hydrogen-bond acceptors (Lipinski definition) is 3. The Kier molecular flexibility index (Phi) is 3.15. The van der Waals surface area contributed by atoms with Crippen LogP contribution in [0.1, 0.15) is 10.6 Å². The lowest BCUT2D eigenvalue weighted by atomic mass is 10.2. The van der Waals surface area contributed by atoms with Gasteiger partial charge in [0.1, 0.15) is 0 Å². The SMILES string of the molecule is c1ccc(Cc2ncc(-c3ccncc3)s2)cc1. The Labute approximate surface area is 110 Å². The Bertz CT molecular complexity index is 617. The van der Waals surface area contributed by atoms with Crippen LogP contribution in [-0.2, 0) is 6.42 Å². The van der Waals surface area contributed by atoms with Crippen LogP contribution in [0.15, 0.2) is 61.1 Å². The maximum absolute atomic E-state index is 4.49. The molecule has 0 N–H and O–H groups in total. The Morgan fingerprint density at radius 3 is 2.50 bits per heavy atom. The molecule has 0 amide bonds. The van der Waals surface area contributed by atoms with E-state index < -0.39 is 0 Å². The van der Waals surface area contributed by atoms with Gasteiger partial charge in [-0.1, -0.05) is 30.3 Å². The zero-order chi connectivity index (χ0) is 12.2. The summed E-state index contributed by atoms with van der Waals surface area (Å²) in [5, 5.41) is 1.15. The number of hydrogen-bond donors (Lipinski definition) is 0. The number of aromatic nitrogens is 2. The number of rotatable bonds is 3. The summed E-state index contributed by atoms with van der Waals surface area (Å²) in [7, 11) is 0. The van der Waals surface area contributed by atoms with Gasteiger partial charge >= 0.3 is 0 Å². The summed E-state index contributed by atoms with van der Waals surface area (Å²) in [5.41, 5.74) is 2.48. The topological polar surface area (TPSA) is 25.8 Å². The van der Waals surface area contributed by atoms with Crippen molar-refractivity contribution in [2.75, 3.05) is 0 Å². The molecule has 0 atom stereocenters. The average Bonchev–Trinajstić information content (AvgIpc) is 2.89. The van der Waals surface area contributed by atoms with Gasteiger partial charge in [0.2, 0.25) is 0 Å². The normalized spacial score (nSPS) is 10.4. The molecule has 3 heteroatoms. The van der Waals surface area contributed by atoms with Crippen LogP contribution < -0.4 is 0 Å². The molecule has 0 saturated heterocycles. The molecule has 0 aliphatic carbocycles. The van der Waals surface area contributed by atoms with Crippen molar-refractivity contribution in [1.82, 2.24) is 9.97 Å². The molecule has 0 saturated carbocycles. The quantitative estimate of drug-likeness (QED) is 0.708. The second-order valence-electron chi connectivity index (χ2n) is 4.02. The number of pyridine rings is 1. The lowest BCUT2D eigenvalue weighted by Gasteiger charge is -1.96. The van der Waals surface area contributed by atoms with Crippen molar-refractivity contribution >= 4 is 11.3 Å². The second-order valence-corrected chi connectivity index (χ2v) is 5.13. The fourth-order valence-electron chi connectivity index (χ4n) is 1.81. The van der Waals surface area contributed by atoms with Gasteiger partial charge in [-0.15, -0.1) is 11.3 Å². The van der Waals surface area contributed by atoms with Crippen molar-refractivity contribution in [2.45, 2.75) is 6.42 Å². The van der Waals surface area contributed by atoms with Gasteiger partial charge in [-0.2, -0.15) is 0 Å². The fraction of sp³-hybridized carbons (Fsp3) is 0.0667. The molecule has 0 bridgehead atoms. The molecule has 2 nitrogen and oxygen atoms in total. The zero-order valence-corrected chi connectivity index (χ0v) is 10.6. The first-order valence-corrected chi connectivity index (χ1v) is 6.62. The molecular weight excluding hydrogens is 240 g/mol. The molecule has 2 aromatic heterocycles. The minimum Gasteiger partial charge on any atom is -0.265 e. The van der Waals surface area contributed by atoms with Crippen molar-refractivity contribution in [3.05, 3.63) is 71.6 Å². The molecule has 3 rings (SSSR count). The molecule has 0 unspecified atom stereocenters. The molecule has 0 aliphatic heterocycles. The third kappa shape index (κ3) is 2.46. The Balaban J connectivity index is 1.82. The van der Waals surface area contributed by atoms with E-state index in [0.29, 0.717) is 0 Å². The van der Waals surface area contributed by atoms with Gasteiger partial charge in [0.05, 0.1) is 9.88 Å². The van der Waals surface area contributed by atoms with E-state index >= 15 is 0 Å². The van der Waals surface area contributed by atoms with Gasteiger partial charge in [0, 0.05) is 25.0 Å². The summed E-state index contributed by atoms with van der Waals surface area (Å²) in [6.07, 6.45) is 6.46. The van der Waals surface area contributed by atoms with Crippen LogP contribution in [0.25, 0.3) is 10.4 Å². The van der Waals surface area contributed by atoms with Crippen LogP contribution in [-0.4, -0.2) is 9.97 Å². The van der Waals surface area contributed by atoms with Gasteiger partial charge in [-0.05, 0) is 23.3 Å². The predicted molar refractivity (Wildman–Crippen MR) is 74.6 cm³/mol. The highest BCUT2D eigenvalue weighted by Crippen LogP contribution is 2.26. The smallest absolute Gasteiger partial charge is 0.0975 e. The Morgan fingerprint density at radius 1 is 0.944 bits per heavy atom. The highest BCUT2D eigenvalue weighted by atomic mass is 32.1. The summed E-state index contributed by atoms with van der Waals surface area (Å²) >= 11 is 1.74. The molecule has 1 aromatic carbocycles. The third-order valence-corrected chi connectivity index (χ3v) is 3.76. The van der Waals surface area contributed by atoms with Crippen molar-refractivity contribution in [1.29, 1.82) is 0 Å². The van der Waals surface area contributed by atoms with E-state index in [4.69, 9.17) is 0 Å². The molecule has 0 spiro atoms. The summed E-state index contributed by atoms with van der Waals surface area (Å²) in [4.78, 5) is 9.71. The molecule has 88 valence electrons. The van der Waals surface area contributed by atoms with E-state index in [1.54, 1.807) is 11.3 Å². The first-order chi connectivity index (χ1) is 8.92. The highest BCUT2D eigenvalue weighted by Gasteiger charge is 2.04. The van der Waals surface area contributed by atoms with Crippen molar-refractivity contribution in [2.24, 2.45) is 0 Å². The molecule has 0 radical (unpaired) electrons. The number of benzene rings is 1. The van der Waals surface area contributed by atoms with Gasteiger partial charge in [0.25, 0.3) is 0 Å². The highest BCUT2D eigenvalue weighted by molar-refractivity contribution is 7.15. The van der Waals surface area contributed by atoms with E-state index in [9.17, 15) is 0 Å². The average molecular weight is 252 g/mol. The van der Waals surface area contributed by atoms with Crippen LogP contribution in [0.5, 0.6) is 0 Å². The van der Waals surface area contributed by atoms with Crippen molar-refractivity contribution in [3.8, 4) is 10.4 Å². The minimum absolute atomic E-state index is 0.899. The largest absolute Gasteiger partial charge is 0.265 e. The van der Waals surface area contributed by atoms with E-state index in [1.807, 2.05) is 36.8 Å². The number of thiazole rings is 1. The van der Waals surface area contributed by atoms with Crippen LogP contribution in [0.3, 0.4) is 0 Å². The van der Waals surface area contributed by atoms with Crippen molar-refractivity contribution in [3.63, 3.8) is 0 Å². The molecule has 3 aromatic rings. The van der Waals surface area contributed by atoms with E-state index in [1.165, 1.54) is 16.0 Å². The first-order valence-electron chi connectivity index (χ1n) is 5.81. The Morgan fingerprint density at radius 2 is 1.72 bits per heavy atom. The summed E-state index contributed by atoms with van der Waals surface area (Å²) in [6.45, 7) is 0. The molecule has 0 fully saturated rings. The van der Waals surface area contributed by atoms with Crippen LogP contribution in [0.4, 0.5) is 0 Å². The molecular formula is C15H12N2S. The lowest BCUT2D eigenvalue weighted by molar-refractivity contribution is 1.14. The van der Waals surface area contributed by atoms with E-state index in [0.717, 1.165) is 11.4 Å². The van der Waals surface area contributed by atoms with E-state index in [-0.39, 0.29) is 0 Å². The second kappa shape index (κ2) is 5.10. The molecule has 2 heterocycles. The maximum atomic E-state index is 4.49.